The highest BCUT2D eigenvalue weighted by molar-refractivity contribution is 5.94. The first-order valence-corrected chi connectivity index (χ1v) is 7.15. The number of rotatable bonds is 4. The lowest BCUT2D eigenvalue weighted by atomic mass is 9.93. The van der Waals surface area contributed by atoms with Gasteiger partial charge in [0.2, 0.25) is 5.56 Å². The molecule has 1 amide bonds. The Bertz CT molecular complexity index is 594. The van der Waals surface area contributed by atoms with Crippen molar-refractivity contribution in [2.75, 3.05) is 13.1 Å². The Hall–Kier alpha value is -2.11. The van der Waals surface area contributed by atoms with Crippen LogP contribution in [0.3, 0.4) is 0 Å². The quantitative estimate of drug-likeness (QED) is 0.901. The summed E-state index contributed by atoms with van der Waals surface area (Å²) in [4.78, 5) is 36.2. The van der Waals surface area contributed by atoms with Crippen molar-refractivity contribution < 1.29 is 14.7 Å². The molecule has 0 radical (unpaired) electrons. The molecular formula is C15H20N2O4. The van der Waals surface area contributed by atoms with Crippen molar-refractivity contribution in [2.45, 2.75) is 25.7 Å². The minimum absolute atomic E-state index is 0.0920. The first-order chi connectivity index (χ1) is 9.97. The lowest BCUT2D eigenvalue weighted by Crippen LogP contribution is -2.40. The van der Waals surface area contributed by atoms with Crippen LogP contribution in [0.5, 0.6) is 0 Å². The molecule has 0 bridgehead atoms. The van der Waals surface area contributed by atoms with E-state index in [1.807, 2.05) is 0 Å². The van der Waals surface area contributed by atoms with Gasteiger partial charge in [-0.25, -0.2) is 0 Å². The molecule has 1 aromatic heterocycles. The molecule has 0 aliphatic carbocycles. The van der Waals surface area contributed by atoms with Crippen LogP contribution in [0.4, 0.5) is 0 Å². The third-order valence-corrected chi connectivity index (χ3v) is 3.91. The van der Waals surface area contributed by atoms with E-state index in [-0.39, 0.29) is 23.8 Å². The number of carbonyl (C=O) groups is 2. The van der Waals surface area contributed by atoms with Crippen LogP contribution in [0.25, 0.3) is 0 Å². The number of hydrogen-bond acceptors (Lipinski definition) is 3. The van der Waals surface area contributed by atoms with Crippen molar-refractivity contribution in [1.29, 1.82) is 0 Å². The van der Waals surface area contributed by atoms with Crippen LogP contribution in [0.1, 0.15) is 36.0 Å². The predicted octanol–water partition coefficient (Wildman–Crippen LogP) is 1.10. The maximum absolute atomic E-state index is 12.4. The summed E-state index contributed by atoms with van der Waals surface area (Å²) in [6, 6.07) is 2.94. The molecule has 114 valence electrons. The van der Waals surface area contributed by atoms with Crippen LogP contribution in [0.2, 0.25) is 0 Å². The number of carbonyl (C=O) groups excluding carboxylic acids is 1. The largest absolute Gasteiger partial charge is 0.481 e. The summed E-state index contributed by atoms with van der Waals surface area (Å²) in [6.07, 6.45) is 4.15. The van der Waals surface area contributed by atoms with Gasteiger partial charge in [-0.3, -0.25) is 14.4 Å². The Kier molecular flexibility index (Phi) is 4.77. The standard InChI is InChI=1S/C15H20N2O4/c1-16-10-12(5-6-13(16)18)15(21)17-8-2-3-11(9-17)4-7-14(19)20/h5-6,10-11H,2-4,7-9H2,1H3,(H,19,20)/t11-/m0/s1. The Morgan fingerprint density at radius 1 is 1.38 bits per heavy atom. The molecule has 21 heavy (non-hydrogen) atoms. The van der Waals surface area contributed by atoms with E-state index in [4.69, 9.17) is 5.11 Å². The molecule has 0 aromatic carbocycles. The molecule has 1 aromatic rings. The second-order valence-corrected chi connectivity index (χ2v) is 5.56. The van der Waals surface area contributed by atoms with E-state index in [1.165, 1.54) is 10.6 Å². The fourth-order valence-corrected chi connectivity index (χ4v) is 2.72. The number of likely N-dealkylation sites (tertiary alicyclic amines) is 1. The molecule has 2 rings (SSSR count). The van der Waals surface area contributed by atoms with Crippen LogP contribution < -0.4 is 5.56 Å². The van der Waals surface area contributed by atoms with Crippen molar-refractivity contribution in [3.63, 3.8) is 0 Å². The molecular weight excluding hydrogens is 272 g/mol. The van der Waals surface area contributed by atoms with E-state index in [1.54, 1.807) is 24.2 Å². The maximum Gasteiger partial charge on any atom is 0.303 e. The van der Waals surface area contributed by atoms with E-state index in [0.717, 1.165) is 12.8 Å². The Balaban J connectivity index is 2.02. The highest BCUT2D eigenvalue weighted by atomic mass is 16.4. The summed E-state index contributed by atoms with van der Waals surface area (Å²) < 4.78 is 1.39. The number of piperidine rings is 1. The van der Waals surface area contributed by atoms with Crippen molar-refractivity contribution in [2.24, 2.45) is 13.0 Å². The number of pyridine rings is 1. The molecule has 6 heteroatoms. The first-order valence-electron chi connectivity index (χ1n) is 7.15. The summed E-state index contributed by atoms with van der Waals surface area (Å²) >= 11 is 0. The lowest BCUT2D eigenvalue weighted by molar-refractivity contribution is -0.137. The van der Waals surface area contributed by atoms with Gasteiger partial charge in [0.25, 0.3) is 5.91 Å². The number of aryl methyl sites for hydroxylation is 1. The summed E-state index contributed by atoms with van der Waals surface area (Å²) in [6.45, 7) is 1.28. The van der Waals surface area contributed by atoms with Gasteiger partial charge in [0.1, 0.15) is 0 Å². The minimum Gasteiger partial charge on any atom is -0.481 e. The molecule has 6 nitrogen and oxygen atoms in total. The summed E-state index contributed by atoms with van der Waals surface area (Å²) in [7, 11) is 1.62. The average molecular weight is 292 g/mol. The van der Waals surface area contributed by atoms with Gasteiger partial charge in [-0.1, -0.05) is 0 Å². The summed E-state index contributed by atoms with van der Waals surface area (Å²) in [5.74, 6) is -0.645. The van der Waals surface area contributed by atoms with Crippen molar-refractivity contribution >= 4 is 11.9 Å². The van der Waals surface area contributed by atoms with Crippen LogP contribution in [-0.4, -0.2) is 39.5 Å². The SMILES string of the molecule is Cn1cc(C(=O)N2CCC[C@@H](CCC(=O)O)C2)ccc1=O. The normalized spacial score (nSPS) is 18.5. The number of hydrogen-bond donors (Lipinski definition) is 1. The van der Waals surface area contributed by atoms with Gasteiger partial charge in [-0.15, -0.1) is 0 Å². The summed E-state index contributed by atoms with van der Waals surface area (Å²) in [5.41, 5.74) is 0.348. The van der Waals surface area contributed by atoms with E-state index < -0.39 is 5.97 Å². The number of carboxylic acid groups (broad SMARTS) is 1. The topological polar surface area (TPSA) is 79.6 Å². The van der Waals surface area contributed by atoms with Crippen LogP contribution >= 0.6 is 0 Å². The fourth-order valence-electron chi connectivity index (χ4n) is 2.72. The average Bonchev–Trinajstić information content (AvgIpc) is 2.47. The second kappa shape index (κ2) is 6.56. The number of aliphatic carboxylic acids is 1. The number of nitrogens with zero attached hydrogens (tertiary/aromatic N) is 2. The molecule has 0 spiro atoms. The minimum atomic E-state index is -0.795. The zero-order valence-corrected chi connectivity index (χ0v) is 12.1. The van der Waals surface area contributed by atoms with E-state index in [9.17, 15) is 14.4 Å². The summed E-state index contributed by atoms with van der Waals surface area (Å²) in [5, 5.41) is 8.74. The van der Waals surface area contributed by atoms with Gasteiger partial charge in [0.15, 0.2) is 0 Å². The van der Waals surface area contributed by atoms with Gasteiger partial charge < -0.3 is 14.6 Å². The molecule has 0 saturated carbocycles. The van der Waals surface area contributed by atoms with Gasteiger partial charge in [-0.05, 0) is 31.2 Å². The Labute approximate surface area is 123 Å². The highest BCUT2D eigenvalue weighted by Crippen LogP contribution is 2.22. The van der Waals surface area contributed by atoms with Crippen LogP contribution in [-0.2, 0) is 11.8 Å². The zero-order valence-electron chi connectivity index (χ0n) is 12.1. The number of aromatic nitrogens is 1. The van der Waals surface area contributed by atoms with Gasteiger partial charge in [0.05, 0.1) is 5.56 Å². The first kappa shape index (κ1) is 15.3. The molecule has 0 unspecified atom stereocenters. The third kappa shape index (κ3) is 3.93. The fraction of sp³-hybridized carbons (Fsp3) is 0.533. The van der Waals surface area contributed by atoms with E-state index in [2.05, 4.69) is 0 Å². The van der Waals surface area contributed by atoms with Crippen molar-refractivity contribution in [3.05, 3.63) is 34.2 Å². The predicted molar refractivity (Wildman–Crippen MR) is 77.2 cm³/mol. The molecule has 1 atom stereocenters. The molecule has 1 N–H and O–H groups in total. The van der Waals surface area contributed by atoms with Crippen molar-refractivity contribution in [3.8, 4) is 0 Å². The molecule has 1 aliphatic rings. The lowest BCUT2D eigenvalue weighted by Gasteiger charge is -2.32. The molecule has 2 heterocycles. The third-order valence-electron chi connectivity index (χ3n) is 3.91. The van der Waals surface area contributed by atoms with Crippen LogP contribution in [0, 0.1) is 5.92 Å². The molecule has 1 aliphatic heterocycles. The number of carboxylic acids is 1. The van der Waals surface area contributed by atoms with E-state index in [0.29, 0.717) is 25.1 Å². The van der Waals surface area contributed by atoms with Gasteiger partial charge in [-0.2, -0.15) is 0 Å². The Morgan fingerprint density at radius 2 is 2.14 bits per heavy atom. The smallest absolute Gasteiger partial charge is 0.303 e. The Morgan fingerprint density at radius 3 is 2.81 bits per heavy atom. The zero-order chi connectivity index (χ0) is 15.4. The number of amides is 1. The van der Waals surface area contributed by atoms with Crippen LogP contribution in [0.15, 0.2) is 23.1 Å². The van der Waals surface area contributed by atoms with E-state index >= 15 is 0 Å². The maximum atomic E-state index is 12.4. The van der Waals surface area contributed by atoms with Gasteiger partial charge in [0, 0.05) is 38.8 Å². The molecule has 1 fully saturated rings. The molecule has 1 saturated heterocycles. The van der Waals surface area contributed by atoms with Gasteiger partial charge >= 0.3 is 5.97 Å². The monoisotopic (exact) mass is 292 g/mol. The second-order valence-electron chi connectivity index (χ2n) is 5.56. The van der Waals surface area contributed by atoms with Crippen molar-refractivity contribution in [1.82, 2.24) is 9.47 Å². The highest BCUT2D eigenvalue weighted by Gasteiger charge is 2.25.